The van der Waals surface area contributed by atoms with Crippen LogP contribution in [0.5, 0.6) is 0 Å². The predicted molar refractivity (Wildman–Crippen MR) is 103 cm³/mol. The van der Waals surface area contributed by atoms with Gasteiger partial charge in [-0.05, 0) is 48.9 Å². The molecule has 2 amide bonds. The molecule has 0 saturated carbocycles. The molecule has 0 radical (unpaired) electrons. The van der Waals surface area contributed by atoms with E-state index in [0.29, 0.717) is 10.7 Å². The summed E-state index contributed by atoms with van der Waals surface area (Å²) in [6.07, 6.45) is 1.34. The molecule has 2 N–H and O–H groups in total. The second kappa shape index (κ2) is 7.97. The number of hydrogen-bond acceptors (Lipinski definition) is 3. The van der Waals surface area contributed by atoms with Crippen LogP contribution >= 0.6 is 11.6 Å². The number of hydrogen-bond donors (Lipinski definition) is 2. The Morgan fingerprint density at radius 2 is 1.70 bits per heavy atom. The molecule has 7 heteroatoms. The fraction of sp³-hybridized carbons (Fsp3) is 0.0500. The van der Waals surface area contributed by atoms with Crippen LogP contribution < -0.4 is 10.6 Å². The first-order valence-corrected chi connectivity index (χ1v) is 8.41. The van der Waals surface area contributed by atoms with Crippen molar-refractivity contribution < 1.29 is 14.0 Å². The molecular formula is C20H15ClFN3O2. The highest BCUT2D eigenvalue weighted by Crippen LogP contribution is 2.21. The Balaban J connectivity index is 1.78. The zero-order chi connectivity index (χ0) is 19.4. The molecule has 136 valence electrons. The first-order valence-electron chi connectivity index (χ1n) is 8.03. The van der Waals surface area contributed by atoms with E-state index in [1.54, 1.807) is 24.3 Å². The molecule has 0 atom stereocenters. The summed E-state index contributed by atoms with van der Waals surface area (Å²) in [4.78, 5) is 28.8. The highest BCUT2D eigenvalue weighted by molar-refractivity contribution is 6.31. The van der Waals surface area contributed by atoms with Crippen molar-refractivity contribution in [3.05, 3.63) is 88.5 Å². The Hall–Kier alpha value is -3.25. The monoisotopic (exact) mass is 383 g/mol. The summed E-state index contributed by atoms with van der Waals surface area (Å²) in [5, 5.41) is 5.67. The van der Waals surface area contributed by atoms with Crippen molar-refractivity contribution >= 4 is 34.8 Å². The van der Waals surface area contributed by atoms with Gasteiger partial charge in [0.1, 0.15) is 11.5 Å². The van der Waals surface area contributed by atoms with E-state index >= 15 is 0 Å². The van der Waals surface area contributed by atoms with Crippen molar-refractivity contribution in [2.45, 2.75) is 6.92 Å². The van der Waals surface area contributed by atoms with Crippen molar-refractivity contribution in [1.82, 2.24) is 4.98 Å². The predicted octanol–water partition coefficient (Wildman–Crippen LogP) is 4.69. The van der Waals surface area contributed by atoms with Crippen molar-refractivity contribution in [2.75, 3.05) is 10.6 Å². The summed E-state index contributed by atoms with van der Waals surface area (Å²) >= 11 is 5.95. The van der Waals surface area contributed by atoms with Crippen LogP contribution in [-0.4, -0.2) is 16.8 Å². The maximum atomic E-state index is 13.7. The number of rotatable bonds is 4. The van der Waals surface area contributed by atoms with Gasteiger partial charge in [0.05, 0.1) is 5.69 Å². The molecule has 0 spiro atoms. The van der Waals surface area contributed by atoms with Crippen molar-refractivity contribution in [3.8, 4) is 0 Å². The Labute approximate surface area is 160 Å². The molecular weight excluding hydrogens is 369 g/mol. The summed E-state index contributed by atoms with van der Waals surface area (Å²) in [6.45, 7) is 1.83. The zero-order valence-corrected chi connectivity index (χ0v) is 15.0. The number of carbonyl (C=O) groups is 2. The van der Waals surface area contributed by atoms with Crippen LogP contribution in [0.1, 0.15) is 26.4 Å². The topological polar surface area (TPSA) is 71.1 Å². The van der Waals surface area contributed by atoms with Gasteiger partial charge in [-0.25, -0.2) is 4.39 Å². The van der Waals surface area contributed by atoms with Crippen molar-refractivity contribution in [2.24, 2.45) is 0 Å². The molecule has 0 aliphatic carbocycles. The molecule has 1 aromatic heterocycles. The number of carbonyl (C=O) groups excluding carboxylic acids is 2. The molecule has 0 saturated heterocycles. The number of nitrogens with one attached hydrogen (secondary N) is 2. The Kier molecular flexibility index (Phi) is 5.47. The van der Waals surface area contributed by atoms with Gasteiger partial charge >= 0.3 is 0 Å². The fourth-order valence-corrected chi connectivity index (χ4v) is 2.54. The van der Waals surface area contributed by atoms with Gasteiger partial charge in [-0.1, -0.05) is 29.8 Å². The van der Waals surface area contributed by atoms with Crippen LogP contribution in [0.15, 0.2) is 60.8 Å². The standard InChI is InChI=1S/C20H15ClFN3O2/c1-12-6-7-14(21)11-17(12)25-20(27)18-10-13(8-9-23-18)19(26)24-16-5-3-2-4-15(16)22/h2-11H,1H3,(H,24,26)(H,25,27). The van der Waals surface area contributed by atoms with E-state index in [1.807, 2.05) is 6.92 Å². The van der Waals surface area contributed by atoms with Crippen LogP contribution in [0.2, 0.25) is 5.02 Å². The number of amides is 2. The number of pyridine rings is 1. The molecule has 3 rings (SSSR count). The second-order valence-electron chi connectivity index (χ2n) is 5.78. The number of aryl methyl sites for hydroxylation is 1. The summed E-state index contributed by atoms with van der Waals surface area (Å²) < 4.78 is 13.7. The summed E-state index contributed by atoms with van der Waals surface area (Å²) in [5.74, 6) is -1.58. The van der Waals surface area contributed by atoms with E-state index in [4.69, 9.17) is 11.6 Å². The molecule has 3 aromatic rings. The Morgan fingerprint density at radius 3 is 2.48 bits per heavy atom. The summed E-state index contributed by atoms with van der Waals surface area (Å²) in [6, 6.07) is 13.7. The molecule has 0 aliphatic rings. The van der Waals surface area contributed by atoms with E-state index < -0.39 is 17.6 Å². The molecule has 0 bridgehead atoms. The van der Waals surface area contributed by atoms with Gasteiger partial charge in [-0.3, -0.25) is 14.6 Å². The van der Waals surface area contributed by atoms with Crippen molar-refractivity contribution in [1.29, 1.82) is 0 Å². The first kappa shape index (κ1) is 18.5. The van der Waals surface area contributed by atoms with Crippen LogP contribution in [0.25, 0.3) is 0 Å². The van der Waals surface area contributed by atoms with Gasteiger partial charge < -0.3 is 10.6 Å². The lowest BCUT2D eigenvalue weighted by atomic mass is 10.1. The van der Waals surface area contributed by atoms with Gasteiger partial charge in [-0.2, -0.15) is 0 Å². The maximum Gasteiger partial charge on any atom is 0.274 e. The number of nitrogens with zero attached hydrogens (tertiary/aromatic N) is 1. The molecule has 2 aromatic carbocycles. The molecule has 27 heavy (non-hydrogen) atoms. The number of aromatic nitrogens is 1. The van der Waals surface area contributed by atoms with Crippen LogP contribution in [0.3, 0.4) is 0 Å². The molecule has 5 nitrogen and oxygen atoms in total. The normalized spacial score (nSPS) is 10.3. The largest absolute Gasteiger partial charge is 0.320 e. The van der Waals surface area contributed by atoms with Crippen LogP contribution in [0, 0.1) is 12.7 Å². The lowest BCUT2D eigenvalue weighted by molar-refractivity contribution is 0.102. The third kappa shape index (κ3) is 4.48. The SMILES string of the molecule is Cc1ccc(Cl)cc1NC(=O)c1cc(C(=O)Nc2ccccc2F)ccn1. The number of benzene rings is 2. The van der Waals surface area contributed by atoms with E-state index in [1.165, 1.54) is 36.5 Å². The average molecular weight is 384 g/mol. The zero-order valence-electron chi connectivity index (χ0n) is 14.3. The second-order valence-corrected chi connectivity index (χ2v) is 6.21. The summed E-state index contributed by atoms with van der Waals surface area (Å²) in [5.41, 5.74) is 1.67. The summed E-state index contributed by atoms with van der Waals surface area (Å²) in [7, 11) is 0. The van der Waals surface area contributed by atoms with Gasteiger partial charge in [0.2, 0.25) is 0 Å². The van der Waals surface area contributed by atoms with Gasteiger partial charge in [-0.15, -0.1) is 0 Å². The number of halogens is 2. The average Bonchev–Trinajstić information content (AvgIpc) is 2.66. The number of para-hydroxylation sites is 1. The maximum absolute atomic E-state index is 13.7. The lowest BCUT2D eigenvalue weighted by Gasteiger charge is -2.10. The minimum absolute atomic E-state index is 0.0514. The smallest absolute Gasteiger partial charge is 0.274 e. The van der Waals surface area contributed by atoms with E-state index in [0.717, 1.165) is 5.56 Å². The van der Waals surface area contributed by atoms with E-state index in [-0.39, 0.29) is 16.9 Å². The third-order valence-corrected chi connectivity index (χ3v) is 4.06. The van der Waals surface area contributed by atoms with Crippen molar-refractivity contribution in [3.63, 3.8) is 0 Å². The minimum atomic E-state index is -0.547. The molecule has 1 heterocycles. The van der Waals surface area contributed by atoms with Gasteiger partial charge in [0.25, 0.3) is 11.8 Å². The molecule has 0 unspecified atom stereocenters. The van der Waals surface area contributed by atoms with E-state index in [2.05, 4.69) is 15.6 Å². The lowest BCUT2D eigenvalue weighted by Crippen LogP contribution is -2.17. The molecule has 0 fully saturated rings. The number of anilines is 2. The van der Waals surface area contributed by atoms with Crippen LogP contribution in [-0.2, 0) is 0 Å². The van der Waals surface area contributed by atoms with Gasteiger partial charge in [0.15, 0.2) is 0 Å². The third-order valence-electron chi connectivity index (χ3n) is 3.82. The molecule has 0 aliphatic heterocycles. The minimum Gasteiger partial charge on any atom is -0.320 e. The fourth-order valence-electron chi connectivity index (χ4n) is 2.37. The quantitative estimate of drug-likeness (QED) is 0.686. The van der Waals surface area contributed by atoms with E-state index in [9.17, 15) is 14.0 Å². The first-order chi connectivity index (χ1) is 12.9. The van der Waals surface area contributed by atoms with Gasteiger partial charge in [0, 0.05) is 22.5 Å². The highest BCUT2D eigenvalue weighted by Gasteiger charge is 2.14. The highest BCUT2D eigenvalue weighted by atomic mass is 35.5. The Bertz CT molecular complexity index is 1020. The van der Waals surface area contributed by atoms with Crippen LogP contribution in [0.4, 0.5) is 15.8 Å². The Morgan fingerprint density at radius 1 is 0.963 bits per heavy atom.